The highest BCUT2D eigenvalue weighted by Gasteiger charge is 2.33. The Bertz CT molecular complexity index is 387. The second-order valence-corrected chi connectivity index (χ2v) is 4.78. The summed E-state index contributed by atoms with van der Waals surface area (Å²) in [5, 5.41) is 10.3. The van der Waals surface area contributed by atoms with Crippen molar-refractivity contribution in [1.82, 2.24) is 0 Å². The van der Waals surface area contributed by atoms with Gasteiger partial charge in [0.2, 0.25) is 0 Å². The molecular weight excluding hydrogens is 266 g/mol. The molecule has 0 heterocycles. The number of rotatable bonds is 5. The Kier molecular flexibility index (Phi) is 5.91. The van der Waals surface area contributed by atoms with E-state index in [9.17, 15) is 5.11 Å². The van der Waals surface area contributed by atoms with Crippen LogP contribution in [0, 0.1) is 5.92 Å². The van der Waals surface area contributed by atoms with E-state index in [0.29, 0.717) is 17.4 Å². The molecule has 0 radical (unpaired) electrons. The third-order valence-corrected chi connectivity index (χ3v) is 3.80. The molecule has 4 nitrogen and oxygen atoms in total. The van der Waals surface area contributed by atoms with Crippen molar-refractivity contribution in [1.29, 1.82) is 0 Å². The minimum Gasteiger partial charge on any atom is -0.496 e. The predicted molar refractivity (Wildman–Crippen MR) is 77.1 cm³/mol. The number of ether oxygens (including phenoxy) is 2. The molecule has 0 spiro atoms. The molecule has 0 aromatic heterocycles. The zero-order valence-corrected chi connectivity index (χ0v) is 12.2. The van der Waals surface area contributed by atoms with Crippen LogP contribution in [0.4, 0.5) is 0 Å². The Morgan fingerprint density at radius 1 is 1.21 bits per heavy atom. The molecule has 1 aliphatic carbocycles. The lowest BCUT2D eigenvalue weighted by molar-refractivity contribution is 0.0401. The molecular formula is C14H22ClNO3. The van der Waals surface area contributed by atoms with Crippen LogP contribution in [-0.2, 0) is 0 Å². The summed E-state index contributed by atoms with van der Waals surface area (Å²) in [7, 11) is 3.20. The fraction of sp³-hybridized carbons (Fsp3) is 0.571. The van der Waals surface area contributed by atoms with Gasteiger partial charge in [-0.3, -0.25) is 0 Å². The monoisotopic (exact) mass is 287 g/mol. The molecule has 1 aromatic rings. The molecule has 0 aliphatic heterocycles. The first kappa shape index (κ1) is 16.1. The Balaban J connectivity index is 0.00000180. The zero-order valence-electron chi connectivity index (χ0n) is 11.3. The van der Waals surface area contributed by atoms with E-state index in [0.717, 1.165) is 18.4 Å². The Hall–Kier alpha value is -0.970. The maximum absolute atomic E-state index is 10.3. The van der Waals surface area contributed by atoms with Crippen LogP contribution in [0.2, 0.25) is 0 Å². The smallest absolute Gasteiger partial charge is 0.127 e. The Morgan fingerprint density at radius 3 is 2.11 bits per heavy atom. The summed E-state index contributed by atoms with van der Waals surface area (Å²) in [5.41, 5.74) is 6.94. The van der Waals surface area contributed by atoms with E-state index in [-0.39, 0.29) is 12.4 Å². The van der Waals surface area contributed by atoms with Crippen LogP contribution in [0.1, 0.15) is 30.9 Å². The number of aliphatic hydroxyl groups is 1. The molecule has 3 N–H and O–H groups in total. The van der Waals surface area contributed by atoms with Crippen LogP contribution in [0.3, 0.4) is 0 Å². The zero-order chi connectivity index (χ0) is 13.1. The summed E-state index contributed by atoms with van der Waals surface area (Å²) in [5.74, 6) is 1.63. The number of hydrogen-bond donors (Lipinski definition) is 2. The van der Waals surface area contributed by atoms with Gasteiger partial charge in [-0.05, 0) is 30.9 Å². The van der Waals surface area contributed by atoms with Gasteiger partial charge in [0.05, 0.1) is 31.9 Å². The third kappa shape index (κ3) is 3.14. The summed E-state index contributed by atoms with van der Waals surface area (Å²) in [6.07, 6.45) is 2.74. The van der Waals surface area contributed by atoms with E-state index in [1.807, 2.05) is 18.2 Å². The van der Waals surface area contributed by atoms with Crippen molar-refractivity contribution in [3.63, 3.8) is 0 Å². The molecule has 2 atom stereocenters. The molecule has 0 amide bonds. The van der Waals surface area contributed by atoms with Gasteiger partial charge < -0.3 is 20.3 Å². The normalized spacial score (nSPS) is 17.9. The van der Waals surface area contributed by atoms with E-state index in [1.165, 1.54) is 6.42 Å². The highest BCUT2D eigenvalue weighted by atomic mass is 35.5. The number of halogens is 1. The summed E-state index contributed by atoms with van der Waals surface area (Å²) < 4.78 is 10.6. The van der Waals surface area contributed by atoms with Gasteiger partial charge in [-0.15, -0.1) is 12.4 Å². The summed E-state index contributed by atoms with van der Waals surface area (Å²) in [4.78, 5) is 0. The Labute approximate surface area is 120 Å². The summed E-state index contributed by atoms with van der Waals surface area (Å²) in [6.45, 7) is 0. The molecule has 0 unspecified atom stereocenters. The molecule has 1 aromatic carbocycles. The Morgan fingerprint density at radius 2 is 1.74 bits per heavy atom. The number of hydrogen-bond acceptors (Lipinski definition) is 4. The lowest BCUT2D eigenvalue weighted by Crippen LogP contribution is -2.36. The van der Waals surface area contributed by atoms with E-state index in [4.69, 9.17) is 15.2 Å². The van der Waals surface area contributed by atoms with E-state index in [2.05, 4.69) is 0 Å². The van der Waals surface area contributed by atoms with Gasteiger partial charge in [-0.1, -0.05) is 12.5 Å². The van der Waals surface area contributed by atoms with Crippen LogP contribution in [0.5, 0.6) is 11.5 Å². The fourth-order valence-corrected chi connectivity index (χ4v) is 2.45. The number of nitrogens with two attached hydrogens (primary N) is 1. The molecule has 0 bridgehead atoms. The number of aliphatic hydroxyl groups excluding tert-OH is 1. The molecule has 5 heteroatoms. The van der Waals surface area contributed by atoms with Crippen molar-refractivity contribution in [3.8, 4) is 11.5 Å². The van der Waals surface area contributed by atoms with Gasteiger partial charge in [0.15, 0.2) is 0 Å². The molecule has 19 heavy (non-hydrogen) atoms. The predicted octanol–water partition coefficient (Wildman–Crippen LogP) is 2.29. The van der Waals surface area contributed by atoms with Crippen LogP contribution in [0.25, 0.3) is 0 Å². The van der Waals surface area contributed by atoms with Crippen molar-refractivity contribution in [3.05, 3.63) is 23.8 Å². The lowest BCUT2D eigenvalue weighted by atomic mass is 9.77. The SMILES string of the molecule is COc1cccc(OC)c1[C@@H](N)[C@@H](O)C1CCC1.Cl. The van der Waals surface area contributed by atoms with Gasteiger partial charge in [0.25, 0.3) is 0 Å². The fourth-order valence-electron chi connectivity index (χ4n) is 2.45. The van der Waals surface area contributed by atoms with Crippen molar-refractivity contribution >= 4 is 12.4 Å². The first-order valence-corrected chi connectivity index (χ1v) is 6.33. The number of methoxy groups -OCH3 is 2. The van der Waals surface area contributed by atoms with Crippen molar-refractivity contribution in [2.75, 3.05) is 14.2 Å². The average molecular weight is 288 g/mol. The van der Waals surface area contributed by atoms with Crippen molar-refractivity contribution in [2.24, 2.45) is 11.7 Å². The maximum Gasteiger partial charge on any atom is 0.127 e. The van der Waals surface area contributed by atoms with E-state index < -0.39 is 12.1 Å². The standard InChI is InChI=1S/C14H21NO3.ClH/c1-17-10-7-4-8-11(18-2)12(10)13(15)14(16)9-5-3-6-9;/h4,7-9,13-14,16H,3,5-6,15H2,1-2H3;1H/t13-,14+;/m1./s1. The lowest BCUT2D eigenvalue weighted by Gasteiger charge is -2.34. The van der Waals surface area contributed by atoms with Gasteiger partial charge in [0.1, 0.15) is 11.5 Å². The molecule has 1 saturated carbocycles. The molecule has 2 rings (SSSR count). The van der Waals surface area contributed by atoms with Crippen LogP contribution < -0.4 is 15.2 Å². The first-order chi connectivity index (χ1) is 8.69. The van der Waals surface area contributed by atoms with Crippen molar-refractivity contribution in [2.45, 2.75) is 31.4 Å². The highest BCUT2D eigenvalue weighted by Crippen LogP contribution is 2.40. The second kappa shape index (κ2) is 6.98. The average Bonchev–Trinajstić information content (AvgIpc) is 2.34. The minimum atomic E-state index is -0.538. The topological polar surface area (TPSA) is 64.7 Å². The van der Waals surface area contributed by atoms with Gasteiger partial charge in [-0.2, -0.15) is 0 Å². The van der Waals surface area contributed by atoms with Crippen LogP contribution >= 0.6 is 12.4 Å². The first-order valence-electron chi connectivity index (χ1n) is 6.33. The maximum atomic E-state index is 10.3. The van der Waals surface area contributed by atoms with Gasteiger partial charge in [-0.25, -0.2) is 0 Å². The summed E-state index contributed by atoms with van der Waals surface area (Å²) >= 11 is 0. The summed E-state index contributed by atoms with van der Waals surface area (Å²) in [6, 6.07) is 5.06. The minimum absolute atomic E-state index is 0. The molecule has 1 aliphatic rings. The quantitative estimate of drug-likeness (QED) is 0.872. The van der Waals surface area contributed by atoms with Crippen LogP contribution in [0.15, 0.2) is 18.2 Å². The van der Waals surface area contributed by atoms with Crippen molar-refractivity contribution < 1.29 is 14.6 Å². The van der Waals surface area contributed by atoms with E-state index >= 15 is 0 Å². The third-order valence-electron chi connectivity index (χ3n) is 3.80. The number of benzene rings is 1. The largest absolute Gasteiger partial charge is 0.496 e. The van der Waals surface area contributed by atoms with Gasteiger partial charge in [0, 0.05) is 0 Å². The highest BCUT2D eigenvalue weighted by molar-refractivity contribution is 5.85. The van der Waals surface area contributed by atoms with Crippen LogP contribution in [-0.4, -0.2) is 25.4 Å². The van der Waals surface area contributed by atoms with Gasteiger partial charge >= 0.3 is 0 Å². The molecule has 0 saturated heterocycles. The second-order valence-electron chi connectivity index (χ2n) is 4.78. The molecule has 108 valence electrons. The van der Waals surface area contributed by atoms with E-state index in [1.54, 1.807) is 14.2 Å². The molecule has 1 fully saturated rings.